The fourth-order valence-corrected chi connectivity index (χ4v) is 3.17. The normalized spacial score (nSPS) is 12.0. The van der Waals surface area contributed by atoms with Gasteiger partial charge in [-0.05, 0) is 43.0 Å². The van der Waals surface area contributed by atoms with E-state index in [0.29, 0.717) is 29.1 Å². The van der Waals surface area contributed by atoms with E-state index >= 15 is 0 Å². The number of carbonyl (C=O) groups excluding carboxylic acids is 2. The van der Waals surface area contributed by atoms with Gasteiger partial charge in [0.05, 0.1) is 16.5 Å². The van der Waals surface area contributed by atoms with Crippen LogP contribution in [0.2, 0.25) is 10.0 Å². The predicted molar refractivity (Wildman–Crippen MR) is 119 cm³/mol. The lowest BCUT2D eigenvalue weighted by molar-refractivity contribution is -0.140. The van der Waals surface area contributed by atoms with Crippen LogP contribution in [0.5, 0.6) is 0 Å². The summed E-state index contributed by atoms with van der Waals surface area (Å²) in [6.07, 6.45) is 0.143. The van der Waals surface area contributed by atoms with Gasteiger partial charge in [-0.1, -0.05) is 72.9 Å². The average Bonchev–Trinajstić information content (AvgIpc) is 2.67. The van der Waals surface area contributed by atoms with Crippen molar-refractivity contribution in [3.63, 3.8) is 0 Å². The molecule has 29 heavy (non-hydrogen) atoms. The van der Waals surface area contributed by atoms with Crippen LogP contribution < -0.4 is 5.32 Å². The molecular formula is C23H28Cl2N2O2. The number of hydrogen-bond acceptors (Lipinski definition) is 2. The molecule has 4 nitrogen and oxygen atoms in total. The number of carbonyl (C=O) groups is 2. The van der Waals surface area contributed by atoms with E-state index in [2.05, 4.69) is 5.32 Å². The van der Waals surface area contributed by atoms with Crippen LogP contribution in [-0.4, -0.2) is 29.3 Å². The van der Waals surface area contributed by atoms with Crippen molar-refractivity contribution >= 4 is 35.0 Å². The van der Waals surface area contributed by atoms with Crippen molar-refractivity contribution in [3.05, 3.63) is 69.2 Å². The maximum Gasteiger partial charge on any atom is 0.242 e. The Balaban J connectivity index is 2.21. The molecule has 1 N–H and O–H groups in total. The monoisotopic (exact) mass is 434 g/mol. The Morgan fingerprint density at radius 1 is 0.966 bits per heavy atom. The number of hydrogen-bond donors (Lipinski definition) is 1. The SMILES string of the molecule is Cc1ccc(CN(C(=O)Cc2ccc(Cl)c(Cl)c2)C(C)C(=O)NCC(C)C)cc1. The molecule has 0 saturated heterocycles. The van der Waals surface area contributed by atoms with Gasteiger partial charge in [0, 0.05) is 13.1 Å². The third-order valence-electron chi connectivity index (χ3n) is 4.66. The smallest absolute Gasteiger partial charge is 0.242 e. The fraction of sp³-hybridized carbons (Fsp3) is 0.391. The number of nitrogens with zero attached hydrogens (tertiary/aromatic N) is 1. The van der Waals surface area contributed by atoms with Crippen LogP contribution in [0, 0.1) is 12.8 Å². The minimum atomic E-state index is -0.592. The standard InChI is InChI=1S/C23H28Cl2N2O2/c1-15(2)13-26-23(29)17(4)27(14-18-7-5-16(3)6-8-18)22(28)12-19-9-10-20(24)21(25)11-19/h5-11,15,17H,12-14H2,1-4H3,(H,26,29). The molecule has 1 unspecified atom stereocenters. The van der Waals surface area contributed by atoms with Crippen molar-refractivity contribution in [1.29, 1.82) is 0 Å². The molecule has 0 aliphatic rings. The third-order valence-corrected chi connectivity index (χ3v) is 5.40. The summed E-state index contributed by atoms with van der Waals surface area (Å²) in [4.78, 5) is 27.4. The number of benzene rings is 2. The van der Waals surface area contributed by atoms with Crippen LogP contribution in [0.15, 0.2) is 42.5 Å². The number of halogens is 2. The van der Waals surface area contributed by atoms with Gasteiger partial charge in [0.2, 0.25) is 11.8 Å². The molecule has 2 amide bonds. The summed E-state index contributed by atoms with van der Waals surface area (Å²) in [7, 11) is 0. The lowest BCUT2D eigenvalue weighted by Crippen LogP contribution is -2.48. The van der Waals surface area contributed by atoms with E-state index in [9.17, 15) is 9.59 Å². The largest absolute Gasteiger partial charge is 0.354 e. The first kappa shape index (κ1) is 23.2. The van der Waals surface area contributed by atoms with E-state index in [1.165, 1.54) is 0 Å². The van der Waals surface area contributed by atoms with E-state index in [1.54, 1.807) is 30.0 Å². The molecule has 6 heteroatoms. The van der Waals surface area contributed by atoms with E-state index in [1.807, 2.05) is 45.0 Å². The van der Waals surface area contributed by atoms with Gasteiger partial charge in [-0.3, -0.25) is 9.59 Å². The van der Waals surface area contributed by atoms with Gasteiger partial charge in [0.15, 0.2) is 0 Å². The van der Waals surface area contributed by atoms with Crippen molar-refractivity contribution in [3.8, 4) is 0 Å². The number of amides is 2. The molecule has 0 aromatic heterocycles. The van der Waals surface area contributed by atoms with E-state index < -0.39 is 6.04 Å². The summed E-state index contributed by atoms with van der Waals surface area (Å²) < 4.78 is 0. The molecule has 0 heterocycles. The molecule has 156 valence electrons. The molecule has 0 saturated carbocycles. The van der Waals surface area contributed by atoms with Gasteiger partial charge in [-0.15, -0.1) is 0 Å². The third kappa shape index (κ3) is 7.06. The highest BCUT2D eigenvalue weighted by molar-refractivity contribution is 6.42. The molecular weight excluding hydrogens is 407 g/mol. The van der Waals surface area contributed by atoms with Gasteiger partial charge < -0.3 is 10.2 Å². The van der Waals surface area contributed by atoms with Crippen LogP contribution in [-0.2, 0) is 22.6 Å². The number of nitrogens with one attached hydrogen (secondary N) is 1. The lowest BCUT2D eigenvalue weighted by atomic mass is 10.1. The summed E-state index contributed by atoms with van der Waals surface area (Å²) in [5, 5.41) is 3.77. The van der Waals surface area contributed by atoms with Gasteiger partial charge in [0.1, 0.15) is 6.04 Å². The van der Waals surface area contributed by atoms with E-state index in [-0.39, 0.29) is 18.2 Å². The predicted octanol–water partition coefficient (Wildman–Crippen LogP) is 5.03. The Morgan fingerprint density at radius 3 is 2.17 bits per heavy atom. The molecule has 0 aliphatic heterocycles. The molecule has 0 spiro atoms. The Labute approximate surface area is 183 Å². The van der Waals surface area contributed by atoms with E-state index in [4.69, 9.17) is 23.2 Å². The summed E-state index contributed by atoms with van der Waals surface area (Å²) in [6, 6.07) is 12.5. The van der Waals surface area contributed by atoms with Crippen LogP contribution in [0.3, 0.4) is 0 Å². The second-order valence-corrected chi connectivity index (χ2v) is 8.56. The Hall–Kier alpha value is -2.04. The molecule has 2 aromatic carbocycles. The van der Waals surface area contributed by atoms with Crippen molar-refractivity contribution in [2.75, 3.05) is 6.54 Å². The quantitative estimate of drug-likeness (QED) is 0.632. The number of rotatable bonds is 8. The molecule has 0 aliphatic carbocycles. The highest BCUT2D eigenvalue weighted by Gasteiger charge is 2.26. The zero-order valence-electron chi connectivity index (χ0n) is 17.3. The van der Waals surface area contributed by atoms with Gasteiger partial charge in [0.25, 0.3) is 0 Å². The van der Waals surface area contributed by atoms with Gasteiger partial charge >= 0.3 is 0 Å². The fourth-order valence-electron chi connectivity index (χ4n) is 2.85. The Bertz CT molecular complexity index is 850. The van der Waals surface area contributed by atoms with Gasteiger partial charge in [-0.2, -0.15) is 0 Å². The van der Waals surface area contributed by atoms with E-state index in [0.717, 1.165) is 16.7 Å². The van der Waals surface area contributed by atoms with Crippen molar-refractivity contribution in [2.45, 2.75) is 46.7 Å². The summed E-state index contributed by atoms with van der Waals surface area (Å²) in [5.74, 6) is 0.0353. The Morgan fingerprint density at radius 2 is 1.59 bits per heavy atom. The van der Waals surface area contributed by atoms with Crippen LogP contribution in [0.25, 0.3) is 0 Å². The van der Waals surface area contributed by atoms with Crippen molar-refractivity contribution < 1.29 is 9.59 Å². The minimum Gasteiger partial charge on any atom is -0.354 e. The van der Waals surface area contributed by atoms with Crippen LogP contribution in [0.4, 0.5) is 0 Å². The summed E-state index contributed by atoms with van der Waals surface area (Å²) >= 11 is 12.1. The maximum atomic E-state index is 13.1. The molecule has 0 radical (unpaired) electrons. The zero-order chi connectivity index (χ0) is 21.6. The molecule has 2 rings (SSSR count). The van der Waals surface area contributed by atoms with Crippen LogP contribution in [0.1, 0.15) is 37.5 Å². The highest BCUT2D eigenvalue weighted by atomic mass is 35.5. The zero-order valence-corrected chi connectivity index (χ0v) is 18.8. The highest BCUT2D eigenvalue weighted by Crippen LogP contribution is 2.23. The lowest BCUT2D eigenvalue weighted by Gasteiger charge is -2.29. The molecule has 0 bridgehead atoms. The first-order chi connectivity index (χ1) is 13.7. The molecule has 2 aromatic rings. The minimum absolute atomic E-state index is 0.142. The first-order valence-electron chi connectivity index (χ1n) is 9.74. The summed E-state index contributed by atoms with van der Waals surface area (Å²) in [5.41, 5.74) is 2.87. The van der Waals surface area contributed by atoms with Crippen molar-refractivity contribution in [2.24, 2.45) is 5.92 Å². The van der Waals surface area contributed by atoms with Crippen LogP contribution >= 0.6 is 23.2 Å². The second-order valence-electron chi connectivity index (χ2n) is 7.75. The summed E-state index contributed by atoms with van der Waals surface area (Å²) in [6.45, 7) is 8.77. The maximum absolute atomic E-state index is 13.1. The van der Waals surface area contributed by atoms with Gasteiger partial charge in [-0.25, -0.2) is 0 Å². The molecule has 1 atom stereocenters. The molecule has 0 fully saturated rings. The Kier molecular flexibility index (Phi) is 8.54. The average molecular weight is 435 g/mol. The number of aryl methyl sites for hydroxylation is 1. The first-order valence-corrected chi connectivity index (χ1v) is 10.5. The second kappa shape index (κ2) is 10.7. The van der Waals surface area contributed by atoms with Crippen molar-refractivity contribution in [1.82, 2.24) is 10.2 Å². The topological polar surface area (TPSA) is 49.4 Å².